The van der Waals surface area contributed by atoms with E-state index >= 15 is 0 Å². The van der Waals surface area contributed by atoms with Crippen molar-refractivity contribution in [3.8, 4) is 11.5 Å². The molecule has 2 aromatic rings. The molecule has 0 aliphatic carbocycles. The topological polar surface area (TPSA) is 55.8 Å². The quantitative estimate of drug-likeness (QED) is 0.439. The summed E-state index contributed by atoms with van der Waals surface area (Å²) in [7, 11) is 0. The number of carbonyl (C=O) groups is 2. The summed E-state index contributed by atoms with van der Waals surface area (Å²) in [5.41, 5.74) is 0.799. The second kappa shape index (κ2) is 10.2. The molecule has 2 aromatic carbocycles. The van der Waals surface area contributed by atoms with Gasteiger partial charge in [0.1, 0.15) is 5.82 Å². The largest absolute Gasteiger partial charge is 0.490 e. The molecule has 164 valence electrons. The molecular formula is C23H23ClFNO4S. The highest BCUT2D eigenvalue weighted by atomic mass is 35.5. The molecule has 1 heterocycles. The molecule has 0 spiro atoms. The average Bonchev–Trinajstić information content (AvgIpc) is 2.97. The van der Waals surface area contributed by atoms with Gasteiger partial charge in [-0.3, -0.25) is 14.5 Å². The minimum Gasteiger partial charge on any atom is -0.490 e. The molecule has 1 aliphatic rings. The lowest BCUT2D eigenvalue weighted by Crippen LogP contribution is -2.28. The highest BCUT2D eigenvalue weighted by molar-refractivity contribution is 8.18. The molecule has 3 rings (SSSR count). The molecule has 0 N–H and O–H groups in total. The number of amides is 2. The van der Waals surface area contributed by atoms with Crippen LogP contribution >= 0.6 is 23.4 Å². The summed E-state index contributed by atoms with van der Waals surface area (Å²) >= 11 is 6.85. The Bertz CT molecular complexity index is 1000. The van der Waals surface area contributed by atoms with Crippen LogP contribution in [-0.4, -0.2) is 29.3 Å². The van der Waals surface area contributed by atoms with Gasteiger partial charge in [-0.05, 0) is 60.5 Å². The summed E-state index contributed by atoms with van der Waals surface area (Å²) in [4.78, 5) is 26.4. The average molecular weight is 464 g/mol. The number of benzene rings is 2. The summed E-state index contributed by atoms with van der Waals surface area (Å²) in [6.07, 6.45) is 1.61. The Hall–Kier alpha value is -2.51. The van der Waals surface area contributed by atoms with Crippen LogP contribution in [0.15, 0.2) is 41.3 Å². The predicted octanol–water partition coefficient (Wildman–Crippen LogP) is 6.15. The van der Waals surface area contributed by atoms with Gasteiger partial charge in [-0.1, -0.05) is 37.6 Å². The molecular weight excluding hydrogens is 441 g/mol. The zero-order chi connectivity index (χ0) is 22.5. The number of hydrogen-bond acceptors (Lipinski definition) is 5. The molecule has 1 aliphatic heterocycles. The number of rotatable bonds is 8. The fraction of sp³-hybridized carbons (Fsp3) is 0.304. The molecule has 0 atom stereocenters. The van der Waals surface area contributed by atoms with Gasteiger partial charge in [0.05, 0.1) is 24.7 Å². The Balaban J connectivity index is 1.82. The number of imide groups is 1. The van der Waals surface area contributed by atoms with E-state index in [1.165, 1.54) is 18.2 Å². The van der Waals surface area contributed by atoms with E-state index < -0.39 is 17.0 Å². The van der Waals surface area contributed by atoms with Crippen molar-refractivity contribution in [1.29, 1.82) is 0 Å². The lowest BCUT2D eigenvalue weighted by atomic mass is 10.1. The van der Waals surface area contributed by atoms with E-state index in [1.54, 1.807) is 24.3 Å². The maximum absolute atomic E-state index is 14.1. The first-order valence-corrected chi connectivity index (χ1v) is 11.1. The first kappa shape index (κ1) is 23.2. The van der Waals surface area contributed by atoms with Crippen LogP contribution in [-0.2, 0) is 11.3 Å². The van der Waals surface area contributed by atoms with Crippen molar-refractivity contribution in [2.45, 2.75) is 27.3 Å². The first-order chi connectivity index (χ1) is 14.8. The van der Waals surface area contributed by atoms with Crippen molar-refractivity contribution < 1.29 is 23.5 Å². The van der Waals surface area contributed by atoms with Gasteiger partial charge in [0, 0.05) is 10.6 Å². The fourth-order valence-electron chi connectivity index (χ4n) is 2.89. The van der Waals surface area contributed by atoms with Crippen LogP contribution in [0.4, 0.5) is 9.18 Å². The highest BCUT2D eigenvalue weighted by Crippen LogP contribution is 2.36. The number of hydrogen-bond donors (Lipinski definition) is 0. The standard InChI is InChI=1S/C23H23ClFNO4S/c1-4-29-20-10-15(8-9-19(20)30-13-14(2)3)11-21-22(27)26(23(28)31-21)12-16-17(24)6-5-7-18(16)25/h5-11,14H,4,12-13H2,1-3H3/b21-11-. The van der Waals surface area contributed by atoms with Gasteiger partial charge in [0.15, 0.2) is 11.5 Å². The zero-order valence-electron chi connectivity index (χ0n) is 17.5. The Labute approximate surface area is 190 Å². The lowest BCUT2D eigenvalue weighted by Gasteiger charge is -2.14. The Morgan fingerprint density at radius 1 is 1.16 bits per heavy atom. The molecule has 2 amide bonds. The van der Waals surface area contributed by atoms with Crippen molar-refractivity contribution in [3.63, 3.8) is 0 Å². The molecule has 0 saturated carbocycles. The summed E-state index contributed by atoms with van der Waals surface area (Å²) in [6.45, 7) is 6.77. The van der Waals surface area contributed by atoms with E-state index in [1.807, 2.05) is 6.92 Å². The zero-order valence-corrected chi connectivity index (χ0v) is 19.1. The number of carbonyl (C=O) groups excluding carboxylic acids is 2. The van der Waals surface area contributed by atoms with E-state index in [2.05, 4.69) is 13.8 Å². The van der Waals surface area contributed by atoms with Crippen LogP contribution in [0.25, 0.3) is 6.08 Å². The molecule has 31 heavy (non-hydrogen) atoms. The maximum Gasteiger partial charge on any atom is 0.293 e. The maximum atomic E-state index is 14.1. The van der Waals surface area contributed by atoms with Crippen molar-refractivity contribution in [2.75, 3.05) is 13.2 Å². The number of thioether (sulfide) groups is 1. The van der Waals surface area contributed by atoms with Crippen LogP contribution in [0.1, 0.15) is 31.9 Å². The monoisotopic (exact) mass is 463 g/mol. The van der Waals surface area contributed by atoms with E-state index in [4.69, 9.17) is 21.1 Å². The summed E-state index contributed by atoms with van der Waals surface area (Å²) in [6, 6.07) is 9.57. The number of nitrogens with zero attached hydrogens (tertiary/aromatic N) is 1. The smallest absolute Gasteiger partial charge is 0.293 e. The van der Waals surface area contributed by atoms with Crippen LogP contribution in [0, 0.1) is 11.7 Å². The molecule has 0 unspecified atom stereocenters. The number of ether oxygens (including phenoxy) is 2. The molecule has 5 nitrogen and oxygen atoms in total. The van der Waals surface area contributed by atoms with Gasteiger partial charge in [0.25, 0.3) is 11.1 Å². The third-order valence-corrected chi connectivity index (χ3v) is 5.65. The first-order valence-electron chi connectivity index (χ1n) is 9.88. The van der Waals surface area contributed by atoms with Gasteiger partial charge in [-0.25, -0.2) is 4.39 Å². The van der Waals surface area contributed by atoms with Crippen LogP contribution < -0.4 is 9.47 Å². The van der Waals surface area contributed by atoms with E-state index in [9.17, 15) is 14.0 Å². The second-order valence-corrected chi connectivity index (χ2v) is 8.71. The molecule has 0 aromatic heterocycles. The van der Waals surface area contributed by atoms with E-state index in [-0.39, 0.29) is 22.0 Å². The van der Waals surface area contributed by atoms with Crippen LogP contribution in [0.2, 0.25) is 5.02 Å². The third-order valence-electron chi connectivity index (χ3n) is 4.39. The predicted molar refractivity (Wildman–Crippen MR) is 121 cm³/mol. The lowest BCUT2D eigenvalue weighted by molar-refractivity contribution is -0.123. The molecule has 0 bridgehead atoms. The Morgan fingerprint density at radius 2 is 1.94 bits per heavy atom. The third kappa shape index (κ3) is 5.60. The van der Waals surface area contributed by atoms with Crippen molar-refractivity contribution in [3.05, 3.63) is 63.3 Å². The van der Waals surface area contributed by atoms with Gasteiger partial charge in [0.2, 0.25) is 0 Å². The summed E-state index contributed by atoms with van der Waals surface area (Å²) in [5, 5.41) is -0.307. The number of halogens is 2. The van der Waals surface area contributed by atoms with Crippen LogP contribution in [0.3, 0.4) is 0 Å². The Kier molecular flexibility index (Phi) is 7.62. The normalized spacial score (nSPS) is 15.3. The minimum atomic E-state index is -0.561. The summed E-state index contributed by atoms with van der Waals surface area (Å²) < 4.78 is 25.5. The molecule has 1 saturated heterocycles. The van der Waals surface area contributed by atoms with Gasteiger partial charge in [-0.2, -0.15) is 0 Å². The molecule has 8 heteroatoms. The van der Waals surface area contributed by atoms with Gasteiger partial charge in [-0.15, -0.1) is 0 Å². The van der Waals surface area contributed by atoms with Crippen molar-refractivity contribution in [2.24, 2.45) is 5.92 Å². The fourth-order valence-corrected chi connectivity index (χ4v) is 3.95. The molecule has 1 fully saturated rings. The SMILES string of the molecule is CCOc1cc(/C=C2\SC(=O)N(Cc3c(F)cccc3Cl)C2=O)ccc1OCC(C)C. The summed E-state index contributed by atoms with van der Waals surface area (Å²) in [5.74, 6) is 0.495. The Morgan fingerprint density at radius 3 is 2.61 bits per heavy atom. The second-order valence-electron chi connectivity index (χ2n) is 7.31. The minimum absolute atomic E-state index is 0.109. The van der Waals surface area contributed by atoms with Crippen LogP contribution in [0.5, 0.6) is 11.5 Å². The van der Waals surface area contributed by atoms with Gasteiger partial charge >= 0.3 is 0 Å². The van der Waals surface area contributed by atoms with Crippen molar-refractivity contribution in [1.82, 2.24) is 4.90 Å². The van der Waals surface area contributed by atoms with Crippen molar-refractivity contribution >= 4 is 40.6 Å². The highest BCUT2D eigenvalue weighted by Gasteiger charge is 2.36. The van der Waals surface area contributed by atoms with E-state index in [0.29, 0.717) is 36.2 Å². The van der Waals surface area contributed by atoms with E-state index in [0.717, 1.165) is 16.7 Å². The van der Waals surface area contributed by atoms with Gasteiger partial charge < -0.3 is 9.47 Å². The molecule has 0 radical (unpaired) electrons.